The van der Waals surface area contributed by atoms with Gasteiger partial charge in [-0.15, -0.1) is 0 Å². The van der Waals surface area contributed by atoms with E-state index in [2.05, 4.69) is 0 Å². The minimum atomic E-state index is -3.82. The maximum atomic E-state index is 13.1. The number of non-ortho nitro benzene ring substituents is 1. The van der Waals surface area contributed by atoms with Gasteiger partial charge in [-0.25, -0.2) is 8.42 Å². The van der Waals surface area contributed by atoms with Gasteiger partial charge in [0.2, 0.25) is 10.0 Å². The molecule has 2 aromatic carbocycles. The van der Waals surface area contributed by atoms with Crippen molar-refractivity contribution in [3.8, 4) is 0 Å². The second-order valence-electron chi connectivity index (χ2n) is 6.47. The molecule has 0 aliphatic carbocycles. The molecule has 1 saturated heterocycles. The standard InChI is InChI=1S/C18H20ClN3O4S/c1-20(13-14-6-2-3-7-16(14)19)17-9-8-15(22(23)24)12-18(17)27(25,26)21-10-4-5-11-21/h2-3,6-9,12H,4-5,10-11,13H2,1H3. The van der Waals surface area contributed by atoms with Crippen LogP contribution in [-0.4, -0.2) is 37.8 Å². The maximum absolute atomic E-state index is 13.1. The smallest absolute Gasteiger partial charge is 0.270 e. The average molecular weight is 410 g/mol. The predicted octanol–water partition coefficient (Wildman–Crippen LogP) is 3.67. The first-order chi connectivity index (χ1) is 12.8. The van der Waals surface area contributed by atoms with Crippen molar-refractivity contribution in [1.29, 1.82) is 0 Å². The maximum Gasteiger partial charge on any atom is 0.270 e. The van der Waals surface area contributed by atoms with Gasteiger partial charge in [-0.2, -0.15) is 4.31 Å². The number of benzene rings is 2. The van der Waals surface area contributed by atoms with Gasteiger partial charge in [0.05, 0.1) is 10.6 Å². The largest absolute Gasteiger partial charge is 0.369 e. The first-order valence-electron chi connectivity index (χ1n) is 8.54. The Morgan fingerprint density at radius 2 is 1.85 bits per heavy atom. The molecule has 0 amide bonds. The summed E-state index contributed by atoms with van der Waals surface area (Å²) < 4.78 is 27.6. The van der Waals surface area contributed by atoms with Crippen molar-refractivity contribution in [1.82, 2.24) is 4.31 Å². The molecular weight excluding hydrogens is 390 g/mol. The molecule has 27 heavy (non-hydrogen) atoms. The number of halogens is 1. The molecule has 144 valence electrons. The monoisotopic (exact) mass is 409 g/mol. The minimum absolute atomic E-state index is 0.0480. The molecule has 3 rings (SSSR count). The van der Waals surface area contributed by atoms with E-state index in [1.54, 1.807) is 18.0 Å². The van der Waals surface area contributed by atoms with E-state index in [4.69, 9.17) is 11.6 Å². The summed E-state index contributed by atoms with van der Waals surface area (Å²) in [6.45, 7) is 1.23. The zero-order valence-corrected chi connectivity index (χ0v) is 16.4. The van der Waals surface area contributed by atoms with Gasteiger partial charge in [-0.1, -0.05) is 29.8 Å². The molecule has 0 bridgehead atoms. The third kappa shape index (κ3) is 4.07. The van der Waals surface area contributed by atoms with E-state index in [0.29, 0.717) is 30.3 Å². The molecule has 0 radical (unpaired) electrons. The zero-order valence-electron chi connectivity index (χ0n) is 14.8. The van der Waals surface area contributed by atoms with E-state index in [1.165, 1.54) is 16.4 Å². The van der Waals surface area contributed by atoms with Gasteiger partial charge < -0.3 is 4.90 Å². The van der Waals surface area contributed by atoms with Gasteiger partial charge in [0.25, 0.3) is 5.69 Å². The van der Waals surface area contributed by atoms with Crippen molar-refractivity contribution < 1.29 is 13.3 Å². The third-order valence-corrected chi connectivity index (χ3v) is 6.91. The van der Waals surface area contributed by atoms with Gasteiger partial charge in [0.15, 0.2) is 0 Å². The molecule has 0 aromatic heterocycles. The highest BCUT2D eigenvalue weighted by atomic mass is 35.5. The fourth-order valence-corrected chi connectivity index (χ4v) is 5.14. The quantitative estimate of drug-likeness (QED) is 0.537. The van der Waals surface area contributed by atoms with E-state index in [1.807, 2.05) is 18.2 Å². The molecule has 1 fully saturated rings. The van der Waals surface area contributed by atoms with Crippen LogP contribution < -0.4 is 4.90 Å². The Morgan fingerprint density at radius 3 is 2.48 bits per heavy atom. The van der Waals surface area contributed by atoms with Crippen molar-refractivity contribution >= 4 is 33.0 Å². The van der Waals surface area contributed by atoms with Crippen LogP contribution in [0.2, 0.25) is 5.02 Å². The molecule has 1 aliphatic rings. The molecular formula is C18H20ClN3O4S. The average Bonchev–Trinajstić information content (AvgIpc) is 3.18. The van der Waals surface area contributed by atoms with Gasteiger partial charge in [0.1, 0.15) is 4.90 Å². The lowest BCUT2D eigenvalue weighted by Gasteiger charge is -2.25. The topological polar surface area (TPSA) is 83.8 Å². The van der Waals surface area contributed by atoms with Gasteiger partial charge in [-0.05, 0) is 30.5 Å². The molecule has 1 aliphatic heterocycles. The summed E-state index contributed by atoms with van der Waals surface area (Å²) in [5.41, 5.74) is 1.000. The Kier molecular flexibility index (Phi) is 5.69. The van der Waals surface area contributed by atoms with Gasteiger partial charge in [0, 0.05) is 43.8 Å². The van der Waals surface area contributed by atoms with Gasteiger partial charge >= 0.3 is 0 Å². The van der Waals surface area contributed by atoms with Crippen LogP contribution in [0.4, 0.5) is 11.4 Å². The predicted molar refractivity (Wildman–Crippen MR) is 105 cm³/mol. The van der Waals surface area contributed by atoms with E-state index in [-0.39, 0.29) is 10.6 Å². The number of rotatable bonds is 6. The summed E-state index contributed by atoms with van der Waals surface area (Å²) >= 11 is 6.21. The normalized spacial score (nSPS) is 15.0. The second-order valence-corrected chi connectivity index (χ2v) is 8.78. The molecule has 9 heteroatoms. The summed E-state index contributed by atoms with van der Waals surface area (Å²) in [5.74, 6) is 0. The summed E-state index contributed by atoms with van der Waals surface area (Å²) in [6, 6.07) is 11.3. The molecule has 0 atom stereocenters. The lowest BCUT2D eigenvalue weighted by Crippen LogP contribution is -2.30. The lowest BCUT2D eigenvalue weighted by molar-refractivity contribution is -0.385. The Labute approximate surface area is 163 Å². The summed E-state index contributed by atoms with van der Waals surface area (Å²) in [4.78, 5) is 12.3. The van der Waals surface area contributed by atoms with Crippen molar-refractivity contribution in [2.45, 2.75) is 24.3 Å². The lowest BCUT2D eigenvalue weighted by atomic mass is 10.2. The van der Waals surface area contributed by atoms with Crippen LogP contribution in [0.5, 0.6) is 0 Å². The first kappa shape index (κ1) is 19.6. The number of hydrogen-bond acceptors (Lipinski definition) is 5. The SMILES string of the molecule is CN(Cc1ccccc1Cl)c1ccc([N+](=O)[O-])cc1S(=O)(=O)N1CCCC1. The molecule has 0 N–H and O–H groups in total. The van der Waals surface area contributed by atoms with Crippen LogP contribution in [0.1, 0.15) is 18.4 Å². The second kappa shape index (κ2) is 7.84. The van der Waals surface area contributed by atoms with Crippen molar-refractivity contribution in [2.75, 3.05) is 25.0 Å². The van der Waals surface area contributed by atoms with Crippen LogP contribution in [0.3, 0.4) is 0 Å². The number of anilines is 1. The zero-order chi connectivity index (χ0) is 19.6. The van der Waals surface area contributed by atoms with E-state index in [9.17, 15) is 18.5 Å². The third-order valence-electron chi connectivity index (χ3n) is 4.61. The number of hydrogen-bond donors (Lipinski definition) is 0. The fraction of sp³-hybridized carbons (Fsp3) is 0.333. The molecule has 7 nitrogen and oxygen atoms in total. The van der Waals surface area contributed by atoms with Crippen LogP contribution in [0.15, 0.2) is 47.4 Å². The minimum Gasteiger partial charge on any atom is -0.369 e. The highest BCUT2D eigenvalue weighted by Crippen LogP contribution is 2.33. The molecule has 0 spiro atoms. The summed E-state index contributed by atoms with van der Waals surface area (Å²) in [7, 11) is -2.08. The van der Waals surface area contributed by atoms with E-state index in [0.717, 1.165) is 24.5 Å². The number of nitro benzene ring substituents is 1. The van der Waals surface area contributed by atoms with Crippen LogP contribution >= 0.6 is 11.6 Å². The summed E-state index contributed by atoms with van der Waals surface area (Å²) in [5, 5.41) is 11.8. The first-order valence-corrected chi connectivity index (χ1v) is 10.4. The summed E-state index contributed by atoms with van der Waals surface area (Å²) in [6.07, 6.45) is 1.58. The number of sulfonamides is 1. The van der Waals surface area contributed by atoms with Crippen molar-refractivity contribution in [2.24, 2.45) is 0 Å². The molecule has 2 aromatic rings. The number of nitrogens with zero attached hydrogens (tertiary/aromatic N) is 3. The Hall–Kier alpha value is -2.16. The van der Waals surface area contributed by atoms with E-state index >= 15 is 0 Å². The van der Waals surface area contributed by atoms with E-state index < -0.39 is 14.9 Å². The molecule has 0 saturated carbocycles. The Morgan fingerprint density at radius 1 is 1.19 bits per heavy atom. The Bertz CT molecular complexity index is 959. The highest BCUT2D eigenvalue weighted by molar-refractivity contribution is 7.89. The van der Waals surface area contributed by atoms with Crippen LogP contribution in [-0.2, 0) is 16.6 Å². The van der Waals surface area contributed by atoms with Crippen molar-refractivity contribution in [3.05, 3.63) is 63.2 Å². The molecule has 1 heterocycles. The van der Waals surface area contributed by atoms with Gasteiger partial charge in [-0.3, -0.25) is 10.1 Å². The Balaban J connectivity index is 2.04. The fourth-order valence-electron chi connectivity index (χ4n) is 3.17. The number of nitro groups is 1. The highest BCUT2D eigenvalue weighted by Gasteiger charge is 2.31. The molecule has 0 unspecified atom stereocenters. The van der Waals surface area contributed by atoms with Crippen LogP contribution in [0.25, 0.3) is 0 Å². The van der Waals surface area contributed by atoms with Crippen LogP contribution in [0, 0.1) is 10.1 Å². The van der Waals surface area contributed by atoms with Crippen molar-refractivity contribution in [3.63, 3.8) is 0 Å².